The summed E-state index contributed by atoms with van der Waals surface area (Å²) < 4.78 is 9.51. The van der Waals surface area contributed by atoms with Crippen molar-refractivity contribution in [3.05, 3.63) is 0 Å². The van der Waals surface area contributed by atoms with E-state index in [0.717, 1.165) is 0 Å². The first-order valence-electron chi connectivity index (χ1n) is 3.01. The quantitative estimate of drug-likeness (QED) is 0.394. The average Bonchev–Trinajstić information content (AvgIpc) is 1.80. The molecule has 0 aliphatic heterocycles. The lowest BCUT2D eigenvalue weighted by Gasteiger charge is -2.01. The maximum atomic E-state index is 4.83. The van der Waals surface area contributed by atoms with Crippen LogP contribution < -0.4 is 0 Å². The predicted molar refractivity (Wildman–Crippen MR) is 40.4 cm³/mol. The van der Waals surface area contributed by atoms with E-state index in [0.29, 0.717) is 5.82 Å². The molecule has 0 aliphatic carbocycles. The Hall–Kier alpha value is 0.115. The second kappa shape index (κ2) is 6.24. The SMILES string of the molecule is C[B]O[B]O[B]C(C)C. The summed E-state index contributed by atoms with van der Waals surface area (Å²) in [5.74, 6) is 0.432. The van der Waals surface area contributed by atoms with Crippen molar-refractivity contribution < 1.29 is 9.14 Å². The number of rotatable bonds is 5. The molecule has 0 heterocycles. The van der Waals surface area contributed by atoms with Crippen molar-refractivity contribution in [1.82, 2.24) is 0 Å². The zero-order chi connectivity index (χ0) is 7.11. The van der Waals surface area contributed by atoms with Gasteiger partial charge in [-0.2, -0.15) is 0 Å². The van der Waals surface area contributed by atoms with E-state index in [4.69, 9.17) is 4.57 Å². The number of hydrogen-bond donors (Lipinski definition) is 0. The molecule has 2 nitrogen and oxygen atoms in total. The highest BCUT2D eigenvalue weighted by atomic mass is 16.5. The Morgan fingerprint density at radius 2 is 1.89 bits per heavy atom. The van der Waals surface area contributed by atoms with Crippen LogP contribution in [0.4, 0.5) is 0 Å². The first-order chi connectivity index (χ1) is 4.27. The Bertz CT molecular complexity index is 59.8. The highest BCUT2D eigenvalue weighted by Gasteiger charge is 1.98. The van der Waals surface area contributed by atoms with Crippen molar-refractivity contribution in [2.45, 2.75) is 26.5 Å². The molecular formula is C4H10B3O2. The molecule has 0 aromatic carbocycles. The Labute approximate surface area is 59.2 Å². The lowest BCUT2D eigenvalue weighted by molar-refractivity contribution is 0.489. The molecule has 5 heteroatoms. The van der Waals surface area contributed by atoms with Crippen molar-refractivity contribution in [2.75, 3.05) is 0 Å². The van der Waals surface area contributed by atoms with E-state index in [-0.39, 0.29) is 0 Å². The molecule has 0 rings (SSSR count). The normalized spacial score (nSPS) is 9.33. The Balaban J connectivity index is 2.75. The molecular weight excluding hydrogens is 112 g/mol. The van der Waals surface area contributed by atoms with E-state index in [1.54, 1.807) is 21.8 Å². The summed E-state index contributed by atoms with van der Waals surface area (Å²) in [6.07, 6.45) is 0. The van der Waals surface area contributed by atoms with Gasteiger partial charge in [0.25, 0.3) is 15.0 Å². The minimum Gasteiger partial charge on any atom is -0.482 e. The minimum atomic E-state index is 0.432. The van der Waals surface area contributed by atoms with E-state index in [2.05, 4.69) is 4.57 Å². The van der Waals surface area contributed by atoms with Gasteiger partial charge in [0.05, 0.1) is 0 Å². The van der Waals surface area contributed by atoms with E-state index in [9.17, 15) is 0 Å². The molecule has 0 amide bonds. The lowest BCUT2D eigenvalue weighted by Crippen LogP contribution is -2.11. The van der Waals surface area contributed by atoms with Gasteiger partial charge in [-0.15, -0.1) is 0 Å². The lowest BCUT2D eigenvalue weighted by atomic mass is 9.82. The van der Waals surface area contributed by atoms with Crippen LogP contribution in [0.5, 0.6) is 0 Å². The zero-order valence-electron chi connectivity index (χ0n) is 6.13. The van der Waals surface area contributed by atoms with E-state index >= 15 is 0 Å². The Kier molecular flexibility index (Phi) is 6.32. The second-order valence-corrected chi connectivity index (χ2v) is 1.98. The molecule has 0 N–H and O–H groups in total. The molecule has 0 aromatic rings. The molecule has 0 atom stereocenters. The maximum Gasteiger partial charge on any atom is 0.454 e. The van der Waals surface area contributed by atoms with Crippen molar-refractivity contribution in [3.8, 4) is 0 Å². The van der Waals surface area contributed by atoms with Gasteiger partial charge < -0.3 is 9.14 Å². The standard InChI is InChI=1S/C4H10B3O2/c1-4(2)6-9-7-8-5-3/h4H,1-3H3. The van der Waals surface area contributed by atoms with Crippen molar-refractivity contribution >= 4 is 22.6 Å². The molecule has 0 unspecified atom stereocenters. The largest absolute Gasteiger partial charge is 0.482 e. The average molecular weight is 123 g/mol. The van der Waals surface area contributed by atoms with E-state index < -0.39 is 0 Å². The minimum absolute atomic E-state index is 0.432. The third-order valence-electron chi connectivity index (χ3n) is 0.598. The summed E-state index contributed by atoms with van der Waals surface area (Å²) >= 11 is 0. The molecule has 0 aliphatic rings. The van der Waals surface area contributed by atoms with E-state index in [1.165, 1.54) is 7.69 Å². The molecule has 3 radical (unpaired) electrons. The highest BCUT2D eigenvalue weighted by Crippen LogP contribution is 1.95. The summed E-state index contributed by atoms with van der Waals surface area (Å²) in [6.45, 7) is 5.85. The van der Waals surface area contributed by atoms with Gasteiger partial charge in [0.15, 0.2) is 0 Å². The monoisotopic (exact) mass is 123 g/mol. The van der Waals surface area contributed by atoms with Crippen LogP contribution in [0.1, 0.15) is 13.8 Å². The molecule has 9 heavy (non-hydrogen) atoms. The van der Waals surface area contributed by atoms with E-state index in [1.807, 2.05) is 13.8 Å². The van der Waals surface area contributed by atoms with Gasteiger partial charge >= 0.3 is 7.69 Å². The summed E-state index contributed by atoms with van der Waals surface area (Å²) in [5, 5.41) is 0. The molecule has 0 fully saturated rings. The first kappa shape index (κ1) is 9.11. The Morgan fingerprint density at radius 1 is 1.22 bits per heavy atom. The van der Waals surface area contributed by atoms with Gasteiger partial charge in [-0.3, -0.25) is 0 Å². The highest BCUT2D eigenvalue weighted by molar-refractivity contribution is 6.45. The fourth-order valence-electron chi connectivity index (χ4n) is 0.277. The van der Waals surface area contributed by atoms with Gasteiger partial charge in [-0.05, 0) is 5.82 Å². The van der Waals surface area contributed by atoms with Crippen LogP contribution in [0, 0.1) is 0 Å². The molecule has 0 bridgehead atoms. The van der Waals surface area contributed by atoms with Crippen LogP contribution >= 0.6 is 0 Å². The molecule has 0 saturated heterocycles. The zero-order valence-corrected chi connectivity index (χ0v) is 6.13. The molecule has 0 spiro atoms. The summed E-state index contributed by atoms with van der Waals surface area (Å²) in [6, 6.07) is 0. The fourth-order valence-corrected chi connectivity index (χ4v) is 0.277. The summed E-state index contributed by atoms with van der Waals surface area (Å²) in [7, 11) is 4.54. The summed E-state index contributed by atoms with van der Waals surface area (Å²) in [5.41, 5.74) is 0. The van der Waals surface area contributed by atoms with Crippen LogP contribution in [0.3, 0.4) is 0 Å². The predicted octanol–water partition coefficient (Wildman–Crippen LogP) is 0.669. The topological polar surface area (TPSA) is 18.5 Å². The number of hydrogen-bond acceptors (Lipinski definition) is 2. The Morgan fingerprint density at radius 3 is 2.33 bits per heavy atom. The molecule has 47 valence electrons. The molecule has 0 aromatic heterocycles. The van der Waals surface area contributed by atoms with Gasteiger partial charge in [0.1, 0.15) is 0 Å². The van der Waals surface area contributed by atoms with Crippen molar-refractivity contribution in [3.63, 3.8) is 0 Å². The van der Waals surface area contributed by atoms with Gasteiger partial charge in [-0.1, -0.05) is 20.7 Å². The third kappa shape index (κ3) is 8.11. The van der Waals surface area contributed by atoms with Crippen LogP contribution in [0.2, 0.25) is 12.6 Å². The van der Waals surface area contributed by atoms with Gasteiger partial charge in [0, 0.05) is 0 Å². The first-order valence-corrected chi connectivity index (χ1v) is 3.01. The maximum absolute atomic E-state index is 4.83. The van der Waals surface area contributed by atoms with Crippen molar-refractivity contribution in [1.29, 1.82) is 0 Å². The van der Waals surface area contributed by atoms with Crippen LogP contribution in [-0.2, 0) is 9.14 Å². The van der Waals surface area contributed by atoms with Crippen LogP contribution in [0.15, 0.2) is 0 Å². The summed E-state index contributed by atoms with van der Waals surface area (Å²) in [4.78, 5) is 0. The van der Waals surface area contributed by atoms with Crippen molar-refractivity contribution in [2.24, 2.45) is 0 Å². The molecule has 0 saturated carbocycles. The third-order valence-corrected chi connectivity index (χ3v) is 0.598. The van der Waals surface area contributed by atoms with Gasteiger partial charge in [0.2, 0.25) is 0 Å². The smallest absolute Gasteiger partial charge is 0.454 e. The van der Waals surface area contributed by atoms with Crippen LogP contribution in [-0.4, -0.2) is 22.6 Å². The van der Waals surface area contributed by atoms with Gasteiger partial charge in [-0.25, -0.2) is 0 Å². The second-order valence-electron chi connectivity index (χ2n) is 1.98. The fraction of sp³-hybridized carbons (Fsp3) is 1.00. The van der Waals surface area contributed by atoms with Crippen LogP contribution in [0.25, 0.3) is 0 Å².